The summed E-state index contributed by atoms with van der Waals surface area (Å²) in [6.45, 7) is 0.982. The van der Waals surface area contributed by atoms with Crippen molar-refractivity contribution >= 4 is 17.6 Å². The van der Waals surface area contributed by atoms with Gasteiger partial charge in [0.2, 0.25) is 5.91 Å². The summed E-state index contributed by atoms with van der Waals surface area (Å²) in [5.74, 6) is -2.79. The van der Waals surface area contributed by atoms with E-state index in [0.717, 1.165) is 11.3 Å². The molecule has 0 spiro atoms. The van der Waals surface area contributed by atoms with Gasteiger partial charge in [0, 0.05) is 18.8 Å². The summed E-state index contributed by atoms with van der Waals surface area (Å²) in [6, 6.07) is 7.40. The van der Waals surface area contributed by atoms with E-state index in [2.05, 4.69) is 0 Å². The maximum absolute atomic E-state index is 11.8. The van der Waals surface area contributed by atoms with Crippen LogP contribution >= 0.6 is 0 Å². The van der Waals surface area contributed by atoms with Crippen molar-refractivity contribution in [1.82, 2.24) is 0 Å². The average molecular weight is 319 g/mol. The SMILES string of the molecule is NCCN1C(=O)C(N)Cc2ccccc21.O=C(O)C(F)(F)F. The molecule has 0 fully saturated rings. The zero-order valence-electron chi connectivity index (χ0n) is 11.5. The third-order valence-electron chi connectivity index (χ3n) is 2.90. The van der Waals surface area contributed by atoms with Crippen molar-refractivity contribution < 1.29 is 27.9 Å². The molecule has 1 aromatic carbocycles. The second-order valence-electron chi connectivity index (χ2n) is 4.52. The average Bonchev–Trinajstić information content (AvgIpc) is 2.43. The van der Waals surface area contributed by atoms with E-state index in [-0.39, 0.29) is 5.91 Å². The lowest BCUT2D eigenvalue weighted by molar-refractivity contribution is -0.192. The number of carboxylic acid groups (broad SMARTS) is 1. The Bertz CT molecular complexity index is 549. The van der Waals surface area contributed by atoms with Crippen LogP contribution in [0.4, 0.5) is 18.9 Å². The van der Waals surface area contributed by atoms with Crippen LogP contribution in [0.5, 0.6) is 0 Å². The summed E-state index contributed by atoms with van der Waals surface area (Å²) < 4.78 is 31.7. The van der Waals surface area contributed by atoms with Crippen LogP contribution in [-0.2, 0) is 16.0 Å². The van der Waals surface area contributed by atoms with Crippen LogP contribution in [0.25, 0.3) is 0 Å². The molecule has 122 valence electrons. The number of benzene rings is 1. The van der Waals surface area contributed by atoms with Gasteiger partial charge in [-0.25, -0.2) is 4.79 Å². The highest BCUT2D eigenvalue weighted by Gasteiger charge is 2.38. The first-order valence-corrected chi connectivity index (χ1v) is 6.33. The Morgan fingerprint density at radius 1 is 1.36 bits per heavy atom. The zero-order chi connectivity index (χ0) is 16.9. The largest absolute Gasteiger partial charge is 0.490 e. The minimum absolute atomic E-state index is 0.0286. The molecule has 0 saturated heterocycles. The number of carbonyl (C=O) groups is 2. The summed E-state index contributed by atoms with van der Waals surface area (Å²) in [5, 5.41) is 7.12. The molecular weight excluding hydrogens is 303 g/mol. The van der Waals surface area contributed by atoms with Gasteiger partial charge in [-0.2, -0.15) is 13.2 Å². The Labute approximate surface area is 124 Å². The first-order chi connectivity index (χ1) is 10.2. The number of nitrogens with zero attached hydrogens (tertiary/aromatic N) is 1. The molecule has 1 aromatic rings. The maximum Gasteiger partial charge on any atom is 0.490 e. The monoisotopic (exact) mass is 319 g/mol. The molecule has 9 heteroatoms. The normalized spacial score (nSPS) is 17.4. The van der Waals surface area contributed by atoms with Gasteiger partial charge in [0.1, 0.15) is 0 Å². The number of para-hydroxylation sites is 1. The minimum atomic E-state index is -5.08. The third kappa shape index (κ3) is 4.43. The molecule has 1 heterocycles. The molecule has 0 radical (unpaired) electrons. The molecule has 0 bridgehead atoms. The number of anilines is 1. The Balaban J connectivity index is 0.000000295. The van der Waals surface area contributed by atoms with Crippen molar-refractivity contribution in [3.8, 4) is 0 Å². The minimum Gasteiger partial charge on any atom is -0.475 e. The fourth-order valence-corrected chi connectivity index (χ4v) is 1.95. The van der Waals surface area contributed by atoms with E-state index in [1.165, 1.54) is 0 Å². The van der Waals surface area contributed by atoms with Gasteiger partial charge in [-0.3, -0.25) is 4.79 Å². The lowest BCUT2D eigenvalue weighted by atomic mass is 9.98. The predicted octanol–water partition coefficient (Wildman–Crippen LogP) is 0.495. The Morgan fingerprint density at radius 3 is 2.41 bits per heavy atom. The van der Waals surface area contributed by atoms with E-state index in [1.807, 2.05) is 24.3 Å². The quantitative estimate of drug-likeness (QED) is 0.735. The first-order valence-electron chi connectivity index (χ1n) is 6.33. The van der Waals surface area contributed by atoms with Crippen molar-refractivity contribution in [1.29, 1.82) is 0 Å². The number of carbonyl (C=O) groups excluding carboxylic acids is 1. The molecule has 5 N–H and O–H groups in total. The molecule has 2 rings (SSSR count). The molecule has 0 aromatic heterocycles. The Morgan fingerprint density at radius 2 is 1.91 bits per heavy atom. The molecule has 22 heavy (non-hydrogen) atoms. The molecule has 0 saturated carbocycles. The van der Waals surface area contributed by atoms with E-state index in [0.29, 0.717) is 19.5 Å². The van der Waals surface area contributed by atoms with Crippen molar-refractivity contribution in [3.63, 3.8) is 0 Å². The van der Waals surface area contributed by atoms with Crippen molar-refractivity contribution in [2.75, 3.05) is 18.0 Å². The van der Waals surface area contributed by atoms with Crippen LogP contribution in [0.2, 0.25) is 0 Å². The van der Waals surface area contributed by atoms with E-state index >= 15 is 0 Å². The van der Waals surface area contributed by atoms with E-state index in [1.54, 1.807) is 4.90 Å². The number of hydrogen-bond donors (Lipinski definition) is 3. The van der Waals surface area contributed by atoms with Gasteiger partial charge < -0.3 is 21.5 Å². The standard InChI is InChI=1S/C11H15N3O.C2HF3O2/c12-5-6-14-10-4-2-1-3-8(10)7-9(13)11(14)15;3-2(4,5)1(6)7/h1-4,9H,5-7,12-13H2;(H,6,7). The second-order valence-corrected chi connectivity index (χ2v) is 4.52. The summed E-state index contributed by atoms with van der Waals surface area (Å²) in [5.41, 5.74) is 13.3. The molecule has 1 amide bonds. The van der Waals surface area contributed by atoms with Gasteiger partial charge in [0.15, 0.2) is 0 Å². The highest BCUT2D eigenvalue weighted by molar-refractivity contribution is 6.00. The lowest BCUT2D eigenvalue weighted by Gasteiger charge is -2.32. The lowest BCUT2D eigenvalue weighted by Crippen LogP contribution is -2.50. The van der Waals surface area contributed by atoms with E-state index in [9.17, 15) is 18.0 Å². The van der Waals surface area contributed by atoms with Crippen LogP contribution in [0, 0.1) is 0 Å². The summed E-state index contributed by atoms with van der Waals surface area (Å²) >= 11 is 0. The number of hydrogen-bond acceptors (Lipinski definition) is 4. The van der Waals surface area contributed by atoms with Gasteiger partial charge >= 0.3 is 12.1 Å². The summed E-state index contributed by atoms with van der Waals surface area (Å²) in [4.78, 5) is 22.4. The molecule has 6 nitrogen and oxygen atoms in total. The predicted molar refractivity (Wildman–Crippen MR) is 73.2 cm³/mol. The Kier molecular flexibility index (Phi) is 5.89. The van der Waals surface area contributed by atoms with Crippen LogP contribution in [-0.4, -0.2) is 42.3 Å². The van der Waals surface area contributed by atoms with Gasteiger partial charge in [0.05, 0.1) is 6.04 Å². The first kappa shape index (κ1) is 17.9. The van der Waals surface area contributed by atoms with Crippen LogP contribution in [0.1, 0.15) is 5.56 Å². The molecule has 0 aliphatic carbocycles. The van der Waals surface area contributed by atoms with E-state index < -0.39 is 18.2 Å². The molecule has 1 aliphatic heterocycles. The zero-order valence-corrected chi connectivity index (χ0v) is 11.5. The topological polar surface area (TPSA) is 110 Å². The number of carboxylic acids is 1. The number of fused-ring (bicyclic) bond motifs is 1. The highest BCUT2D eigenvalue weighted by Crippen LogP contribution is 2.26. The van der Waals surface area contributed by atoms with Crippen LogP contribution < -0.4 is 16.4 Å². The maximum atomic E-state index is 11.8. The highest BCUT2D eigenvalue weighted by atomic mass is 19.4. The summed E-state index contributed by atoms with van der Waals surface area (Å²) in [6.07, 6.45) is -4.46. The van der Waals surface area contributed by atoms with E-state index in [4.69, 9.17) is 21.4 Å². The fraction of sp³-hybridized carbons (Fsp3) is 0.385. The number of aliphatic carboxylic acids is 1. The van der Waals surface area contributed by atoms with Crippen LogP contribution in [0.15, 0.2) is 24.3 Å². The number of nitrogens with two attached hydrogens (primary N) is 2. The summed E-state index contributed by atoms with van der Waals surface area (Å²) in [7, 11) is 0. The molecule has 1 aliphatic rings. The van der Waals surface area contributed by atoms with Crippen LogP contribution in [0.3, 0.4) is 0 Å². The number of rotatable bonds is 2. The van der Waals surface area contributed by atoms with Gasteiger partial charge in [0.25, 0.3) is 0 Å². The fourth-order valence-electron chi connectivity index (χ4n) is 1.95. The number of amides is 1. The number of halogens is 3. The molecule has 1 atom stereocenters. The van der Waals surface area contributed by atoms with Crippen molar-refractivity contribution in [2.45, 2.75) is 18.6 Å². The molecular formula is C13H16F3N3O3. The Hall–Kier alpha value is -2.13. The number of alkyl halides is 3. The van der Waals surface area contributed by atoms with Gasteiger partial charge in [-0.15, -0.1) is 0 Å². The van der Waals surface area contributed by atoms with Crippen molar-refractivity contribution in [2.24, 2.45) is 11.5 Å². The van der Waals surface area contributed by atoms with Crippen molar-refractivity contribution in [3.05, 3.63) is 29.8 Å². The smallest absolute Gasteiger partial charge is 0.475 e. The molecule has 1 unspecified atom stereocenters. The van der Waals surface area contributed by atoms with Gasteiger partial charge in [-0.05, 0) is 18.1 Å². The van der Waals surface area contributed by atoms with Gasteiger partial charge in [-0.1, -0.05) is 18.2 Å². The second kappa shape index (κ2) is 7.23. The third-order valence-corrected chi connectivity index (χ3v) is 2.90.